The van der Waals surface area contributed by atoms with Gasteiger partial charge in [-0.05, 0) is 55.2 Å². The van der Waals surface area contributed by atoms with Crippen molar-refractivity contribution in [3.8, 4) is 0 Å². The zero-order valence-corrected chi connectivity index (χ0v) is 17.6. The molecule has 32 heavy (non-hydrogen) atoms. The average Bonchev–Trinajstić information content (AvgIpc) is 3.40. The molecule has 2 aromatic carbocycles. The molecule has 2 aliphatic rings. The predicted molar refractivity (Wildman–Crippen MR) is 117 cm³/mol. The summed E-state index contributed by atoms with van der Waals surface area (Å²) in [6, 6.07) is 9.80. The molecule has 3 heterocycles. The quantitative estimate of drug-likeness (QED) is 0.581. The first kappa shape index (κ1) is 20.8. The summed E-state index contributed by atoms with van der Waals surface area (Å²) >= 11 is 0. The fraction of sp³-hybridized carbons (Fsp3) is 0.320. The Morgan fingerprint density at radius 3 is 2.69 bits per heavy atom. The van der Waals surface area contributed by atoms with Crippen LogP contribution in [-0.2, 0) is 16.0 Å². The van der Waals surface area contributed by atoms with E-state index in [1.807, 2.05) is 24.3 Å². The second-order valence-electron chi connectivity index (χ2n) is 8.55. The third-order valence-corrected chi connectivity index (χ3v) is 6.55. The first-order valence-corrected chi connectivity index (χ1v) is 10.8. The Balaban J connectivity index is 1.69. The molecule has 1 aromatic heterocycles. The summed E-state index contributed by atoms with van der Waals surface area (Å²) < 4.78 is 36.5. The van der Waals surface area contributed by atoms with Crippen LogP contribution in [0.15, 0.2) is 42.5 Å². The highest BCUT2D eigenvalue weighted by atomic mass is 19.1. The van der Waals surface area contributed by atoms with Crippen molar-refractivity contribution < 1.29 is 23.4 Å². The van der Waals surface area contributed by atoms with Gasteiger partial charge < -0.3 is 14.8 Å². The van der Waals surface area contributed by atoms with E-state index in [-0.39, 0.29) is 23.2 Å². The molecular weight excluding hydrogens is 414 g/mol. The van der Waals surface area contributed by atoms with Gasteiger partial charge in [0.15, 0.2) is 0 Å². The van der Waals surface area contributed by atoms with Crippen LogP contribution in [0.5, 0.6) is 0 Å². The molecule has 1 saturated heterocycles. The zero-order chi connectivity index (χ0) is 22.4. The molecule has 5 nitrogen and oxygen atoms in total. The smallest absolute Gasteiger partial charge is 0.328 e. The molecule has 166 valence electrons. The van der Waals surface area contributed by atoms with Crippen LogP contribution in [-0.4, -0.2) is 46.3 Å². The highest BCUT2D eigenvalue weighted by Gasteiger charge is 2.42. The highest BCUT2D eigenvalue weighted by Crippen LogP contribution is 2.44. The van der Waals surface area contributed by atoms with Crippen molar-refractivity contribution in [2.75, 3.05) is 13.2 Å². The summed E-state index contributed by atoms with van der Waals surface area (Å²) in [5, 5.41) is 9.91. The number of carboxylic acids is 1. The van der Waals surface area contributed by atoms with Crippen molar-refractivity contribution in [2.45, 2.75) is 37.9 Å². The Labute approximate surface area is 184 Å². The van der Waals surface area contributed by atoms with Gasteiger partial charge in [-0.2, -0.15) is 0 Å². The van der Waals surface area contributed by atoms with Crippen molar-refractivity contribution in [3.63, 3.8) is 0 Å². The van der Waals surface area contributed by atoms with Crippen molar-refractivity contribution >= 4 is 22.9 Å². The minimum absolute atomic E-state index is 0.0243. The van der Waals surface area contributed by atoms with Crippen molar-refractivity contribution in [1.29, 1.82) is 0 Å². The molecule has 0 spiro atoms. The Morgan fingerprint density at radius 2 is 2.00 bits per heavy atom. The standard InChI is InChI=1S/C25H24F2N2O3/c1-14-10-18-17-4-2-3-5-21(17)28-24(18)25(29(14)16-8-9-32-13-16)23-19(26)11-15(12-20(23)27)6-7-22(30)31/h2-7,11-12,14,16,25,28H,8-10,13H2,1H3,(H,30,31)/b7-6+. The van der Waals surface area contributed by atoms with Gasteiger partial charge in [0.2, 0.25) is 0 Å². The van der Waals surface area contributed by atoms with Gasteiger partial charge in [0, 0.05) is 46.9 Å². The average molecular weight is 438 g/mol. The number of hydrogen-bond acceptors (Lipinski definition) is 3. The summed E-state index contributed by atoms with van der Waals surface area (Å²) in [7, 11) is 0. The third kappa shape index (κ3) is 3.51. The van der Waals surface area contributed by atoms with Crippen LogP contribution < -0.4 is 0 Å². The SMILES string of the molecule is CC1Cc2c([nH]c3ccccc23)C(c2c(F)cc(/C=C/C(=O)O)cc2F)N1C1CCOC1. The minimum atomic E-state index is -1.17. The van der Waals surface area contributed by atoms with Crippen LogP contribution in [0.3, 0.4) is 0 Å². The summed E-state index contributed by atoms with van der Waals surface area (Å²) in [4.78, 5) is 16.4. The molecule has 5 rings (SSSR count). The molecule has 1 fully saturated rings. The van der Waals surface area contributed by atoms with E-state index in [1.165, 1.54) is 18.2 Å². The van der Waals surface area contributed by atoms with Crippen LogP contribution in [0.2, 0.25) is 0 Å². The molecule has 3 atom stereocenters. The summed E-state index contributed by atoms with van der Waals surface area (Å²) in [5.41, 5.74) is 2.98. The predicted octanol–water partition coefficient (Wildman–Crippen LogP) is 4.67. The number of para-hydroxylation sites is 1. The number of ether oxygens (including phenoxy) is 1. The van der Waals surface area contributed by atoms with Gasteiger partial charge in [0.1, 0.15) is 11.6 Å². The monoisotopic (exact) mass is 438 g/mol. The number of aromatic nitrogens is 1. The van der Waals surface area contributed by atoms with E-state index in [1.54, 1.807) is 0 Å². The van der Waals surface area contributed by atoms with E-state index in [9.17, 15) is 4.79 Å². The summed E-state index contributed by atoms with van der Waals surface area (Å²) in [5.74, 6) is -2.56. The number of nitrogens with one attached hydrogen (secondary N) is 1. The topological polar surface area (TPSA) is 65.6 Å². The van der Waals surface area contributed by atoms with Crippen molar-refractivity contribution in [2.24, 2.45) is 0 Å². The minimum Gasteiger partial charge on any atom is -0.478 e. The summed E-state index contributed by atoms with van der Waals surface area (Å²) in [6.45, 7) is 3.25. The number of fused-ring (bicyclic) bond motifs is 3. The Morgan fingerprint density at radius 1 is 1.25 bits per heavy atom. The van der Waals surface area contributed by atoms with Gasteiger partial charge in [0.25, 0.3) is 0 Å². The van der Waals surface area contributed by atoms with Gasteiger partial charge in [-0.3, -0.25) is 4.90 Å². The van der Waals surface area contributed by atoms with Crippen molar-refractivity contribution in [3.05, 3.63) is 76.5 Å². The van der Waals surface area contributed by atoms with Crippen LogP contribution in [0.1, 0.15) is 41.8 Å². The molecule has 3 unspecified atom stereocenters. The van der Waals surface area contributed by atoms with Gasteiger partial charge in [0.05, 0.1) is 12.6 Å². The van der Waals surface area contributed by atoms with Crippen molar-refractivity contribution in [1.82, 2.24) is 9.88 Å². The van der Waals surface area contributed by atoms with E-state index in [0.717, 1.165) is 41.1 Å². The first-order valence-electron chi connectivity index (χ1n) is 10.8. The molecule has 7 heteroatoms. The number of hydrogen-bond donors (Lipinski definition) is 2. The maximum absolute atomic E-state index is 15.5. The lowest BCUT2D eigenvalue weighted by Gasteiger charge is -2.44. The Hall–Kier alpha value is -3.03. The van der Waals surface area contributed by atoms with Gasteiger partial charge in [-0.1, -0.05) is 18.2 Å². The summed E-state index contributed by atoms with van der Waals surface area (Å²) in [6.07, 6.45) is 3.64. The number of rotatable bonds is 4. The van der Waals surface area contributed by atoms with E-state index >= 15 is 8.78 Å². The number of aromatic amines is 1. The molecular formula is C25H24F2N2O3. The van der Waals surface area contributed by atoms with E-state index in [2.05, 4.69) is 16.8 Å². The Kier molecular flexibility index (Phi) is 5.31. The largest absolute Gasteiger partial charge is 0.478 e. The maximum Gasteiger partial charge on any atom is 0.328 e. The van der Waals surface area contributed by atoms with Gasteiger partial charge >= 0.3 is 5.97 Å². The molecule has 0 saturated carbocycles. The second-order valence-corrected chi connectivity index (χ2v) is 8.55. The van der Waals surface area contributed by atoms with E-state index in [4.69, 9.17) is 9.84 Å². The van der Waals surface area contributed by atoms with E-state index in [0.29, 0.717) is 13.2 Å². The number of carboxylic acid groups (broad SMARTS) is 1. The number of H-pyrrole nitrogens is 1. The molecule has 3 aromatic rings. The van der Waals surface area contributed by atoms with Crippen LogP contribution in [0, 0.1) is 11.6 Å². The van der Waals surface area contributed by atoms with Gasteiger partial charge in [-0.25, -0.2) is 13.6 Å². The number of carbonyl (C=O) groups is 1. The van der Waals surface area contributed by atoms with Crippen LogP contribution in [0.4, 0.5) is 8.78 Å². The van der Waals surface area contributed by atoms with Crippen LogP contribution in [0.25, 0.3) is 17.0 Å². The number of aliphatic carboxylic acids is 1. The molecule has 0 bridgehead atoms. The molecule has 0 amide bonds. The highest BCUT2D eigenvalue weighted by molar-refractivity contribution is 5.86. The third-order valence-electron chi connectivity index (χ3n) is 6.55. The fourth-order valence-corrected chi connectivity index (χ4v) is 5.23. The van der Waals surface area contributed by atoms with E-state index < -0.39 is 23.6 Å². The molecule has 2 N–H and O–H groups in total. The second kappa shape index (κ2) is 8.15. The first-order chi connectivity index (χ1) is 15.4. The lowest BCUT2D eigenvalue weighted by Crippen LogP contribution is -2.49. The van der Waals surface area contributed by atoms with Gasteiger partial charge in [-0.15, -0.1) is 0 Å². The molecule has 0 aliphatic carbocycles. The fourth-order valence-electron chi connectivity index (χ4n) is 5.23. The normalized spacial score (nSPS) is 23.8. The molecule has 0 radical (unpaired) electrons. The number of halogens is 2. The number of nitrogens with zero attached hydrogens (tertiary/aromatic N) is 1. The van der Waals surface area contributed by atoms with Crippen LogP contribution >= 0.6 is 0 Å². The maximum atomic E-state index is 15.5. The lowest BCUT2D eigenvalue weighted by atomic mass is 9.86. The lowest BCUT2D eigenvalue weighted by molar-refractivity contribution is -0.131. The number of benzene rings is 2. The Bertz CT molecular complexity index is 1190. The zero-order valence-electron chi connectivity index (χ0n) is 17.6. The molecule has 2 aliphatic heterocycles.